The lowest BCUT2D eigenvalue weighted by molar-refractivity contribution is -0.135. The van der Waals surface area contributed by atoms with Gasteiger partial charge in [-0.1, -0.05) is 11.6 Å². The maximum absolute atomic E-state index is 13.8. The molecule has 32 heavy (non-hydrogen) atoms. The monoisotopic (exact) mass is 449 g/mol. The molecule has 1 spiro atoms. The minimum Gasteiger partial charge on any atom is -0.324 e. The normalized spacial score (nSPS) is 30.6. The third-order valence-electron chi connectivity index (χ3n) is 7.49. The van der Waals surface area contributed by atoms with Crippen LogP contribution in [0.3, 0.4) is 0 Å². The molecule has 2 aromatic rings. The van der Waals surface area contributed by atoms with E-state index in [0.29, 0.717) is 34.1 Å². The molecule has 4 aliphatic rings. The van der Waals surface area contributed by atoms with Crippen molar-refractivity contribution in [1.82, 2.24) is 4.90 Å². The van der Waals surface area contributed by atoms with Crippen LogP contribution in [-0.2, 0) is 19.9 Å². The van der Waals surface area contributed by atoms with Crippen molar-refractivity contribution in [1.29, 1.82) is 0 Å². The van der Waals surface area contributed by atoms with Gasteiger partial charge in [0.15, 0.2) is 5.78 Å². The van der Waals surface area contributed by atoms with Crippen molar-refractivity contribution in [3.8, 4) is 0 Å². The van der Waals surface area contributed by atoms with E-state index in [1.54, 1.807) is 42.5 Å². The highest BCUT2D eigenvalue weighted by Crippen LogP contribution is 2.60. The number of rotatable bonds is 2. The molecule has 6 rings (SSSR count). The van der Waals surface area contributed by atoms with Gasteiger partial charge in [-0.05, 0) is 68.8 Å². The van der Waals surface area contributed by atoms with Crippen LogP contribution in [-0.4, -0.2) is 41.0 Å². The summed E-state index contributed by atoms with van der Waals surface area (Å²) < 4.78 is 0. The molecule has 2 aromatic carbocycles. The quantitative estimate of drug-likeness (QED) is 0.562. The van der Waals surface area contributed by atoms with Crippen LogP contribution in [0, 0.1) is 11.8 Å². The molecule has 8 heteroatoms. The Morgan fingerprint density at radius 2 is 1.84 bits per heavy atom. The lowest BCUT2D eigenvalue weighted by Crippen LogP contribution is -2.54. The Labute approximate surface area is 189 Å². The first kappa shape index (κ1) is 19.6. The summed E-state index contributed by atoms with van der Waals surface area (Å²) in [5.74, 6) is -2.46. The van der Waals surface area contributed by atoms with Gasteiger partial charge in [0.2, 0.25) is 17.7 Å². The zero-order valence-electron chi connectivity index (χ0n) is 17.3. The van der Waals surface area contributed by atoms with Crippen LogP contribution in [0.25, 0.3) is 0 Å². The third kappa shape index (κ3) is 2.25. The predicted octanol–water partition coefficient (Wildman–Crippen LogP) is 2.97. The molecule has 4 heterocycles. The number of hydrogen-bond acceptors (Lipinski definition) is 5. The highest BCUT2D eigenvalue weighted by atomic mass is 35.5. The van der Waals surface area contributed by atoms with Gasteiger partial charge in [0, 0.05) is 27.9 Å². The Balaban J connectivity index is 1.51. The number of fused-ring (bicyclic) bond motifs is 7. The van der Waals surface area contributed by atoms with E-state index in [1.807, 2.05) is 0 Å². The Bertz CT molecular complexity index is 1230. The van der Waals surface area contributed by atoms with E-state index < -0.39 is 17.4 Å². The first-order valence-electron chi connectivity index (χ1n) is 10.7. The van der Waals surface area contributed by atoms with Gasteiger partial charge in [0.05, 0.1) is 17.5 Å². The second kappa shape index (κ2) is 6.49. The van der Waals surface area contributed by atoms with Gasteiger partial charge < -0.3 is 5.32 Å². The minimum absolute atomic E-state index is 0.0934. The molecule has 162 valence electrons. The average molecular weight is 450 g/mol. The van der Waals surface area contributed by atoms with E-state index in [4.69, 9.17) is 11.6 Å². The summed E-state index contributed by atoms with van der Waals surface area (Å²) in [4.78, 5) is 55.9. The molecule has 0 aromatic heterocycles. The Morgan fingerprint density at radius 3 is 2.56 bits per heavy atom. The van der Waals surface area contributed by atoms with E-state index in [9.17, 15) is 19.2 Å². The fraction of sp³-hybridized carbons (Fsp3) is 0.333. The first-order valence-corrected chi connectivity index (χ1v) is 11.1. The van der Waals surface area contributed by atoms with Crippen LogP contribution in [0.5, 0.6) is 0 Å². The van der Waals surface area contributed by atoms with Crippen molar-refractivity contribution >= 4 is 46.5 Å². The number of nitrogens with one attached hydrogen (secondary N) is 1. The zero-order valence-corrected chi connectivity index (χ0v) is 18.1. The van der Waals surface area contributed by atoms with Crippen LogP contribution < -0.4 is 10.2 Å². The van der Waals surface area contributed by atoms with Gasteiger partial charge in [-0.3, -0.25) is 24.1 Å². The number of amides is 3. The van der Waals surface area contributed by atoms with Crippen molar-refractivity contribution in [3.05, 3.63) is 58.6 Å². The largest absolute Gasteiger partial charge is 0.324 e. The number of benzene rings is 2. The second-order valence-corrected chi connectivity index (χ2v) is 9.37. The molecular weight excluding hydrogens is 430 g/mol. The number of halogens is 1. The first-order chi connectivity index (χ1) is 15.4. The lowest BCUT2D eigenvalue weighted by atomic mass is 9.75. The average Bonchev–Trinajstić information content (AvgIpc) is 3.47. The molecule has 3 saturated heterocycles. The number of hydrogen-bond donors (Lipinski definition) is 1. The van der Waals surface area contributed by atoms with E-state index in [2.05, 4.69) is 10.2 Å². The molecule has 0 aliphatic carbocycles. The third-order valence-corrected chi connectivity index (χ3v) is 7.72. The molecule has 4 unspecified atom stereocenters. The predicted molar refractivity (Wildman–Crippen MR) is 117 cm³/mol. The summed E-state index contributed by atoms with van der Waals surface area (Å²) in [6.07, 6.45) is 1.61. The van der Waals surface area contributed by atoms with Crippen molar-refractivity contribution in [3.63, 3.8) is 0 Å². The summed E-state index contributed by atoms with van der Waals surface area (Å²) in [6.45, 7) is 2.11. The maximum atomic E-state index is 13.8. The Kier molecular flexibility index (Phi) is 3.99. The molecule has 0 bridgehead atoms. The van der Waals surface area contributed by atoms with Gasteiger partial charge in [0.1, 0.15) is 5.54 Å². The molecular formula is C24H20ClN3O4. The molecule has 7 nitrogen and oxygen atoms in total. The smallest absolute Gasteiger partial charge is 0.250 e. The topological polar surface area (TPSA) is 86.8 Å². The number of carbonyl (C=O) groups excluding carboxylic acids is 4. The highest BCUT2D eigenvalue weighted by molar-refractivity contribution is 6.31. The van der Waals surface area contributed by atoms with Crippen LogP contribution >= 0.6 is 11.6 Å². The van der Waals surface area contributed by atoms with E-state index in [1.165, 1.54) is 11.8 Å². The molecule has 0 saturated carbocycles. The van der Waals surface area contributed by atoms with Gasteiger partial charge in [0.25, 0.3) is 0 Å². The van der Waals surface area contributed by atoms with E-state index in [0.717, 1.165) is 12.8 Å². The second-order valence-electron chi connectivity index (χ2n) is 8.93. The summed E-state index contributed by atoms with van der Waals surface area (Å²) in [7, 11) is 0. The molecule has 0 radical (unpaired) electrons. The Morgan fingerprint density at radius 1 is 1.09 bits per heavy atom. The Hall–Kier alpha value is -3.03. The lowest BCUT2D eigenvalue weighted by Gasteiger charge is -2.36. The summed E-state index contributed by atoms with van der Waals surface area (Å²) in [5, 5.41) is 3.41. The number of anilines is 2. The number of Topliss-reactive ketones (excluding diaryl/α,β-unsaturated/α-hetero) is 1. The van der Waals surface area contributed by atoms with Gasteiger partial charge in [-0.2, -0.15) is 0 Å². The maximum Gasteiger partial charge on any atom is 0.250 e. The number of nitrogens with zero attached hydrogens (tertiary/aromatic N) is 2. The van der Waals surface area contributed by atoms with Crippen molar-refractivity contribution in [2.45, 2.75) is 31.3 Å². The van der Waals surface area contributed by atoms with E-state index in [-0.39, 0.29) is 29.5 Å². The summed E-state index contributed by atoms with van der Waals surface area (Å²) in [5.41, 5.74) is 0.987. The van der Waals surface area contributed by atoms with Crippen LogP contribution in [0.2, 0.25) is 5.02 Å². The van der Waals surface area contributed by atoms with Crippen LogP contribution in [0.15, 0.2) is 42.5 Å². The van der Waals surface area contributed by atoms with Crippen LogP contribution in [0.4, 0.5) is 11.4 Å². The molecule has 4 aliphatic heterocycles. The standard InChI is InChI=1S/C24H20ClN3O4/c1-12(29)13-4-7-15(8-5-13)28-21(30)19-18-3-2-10-27(18)24(20(19)22(28)31)16-11-14(25)6-9-17(16)26-23(24)32/h4-9,11,18-20H,2-3,10H2,1H3,(H,26,32). The minimum atomic E-state index is -1.24. The van der Waals surface area contributed by atoms with Crippen LogP contribution in [0.1, 0.15) is 35.7 Å². The van der Waals surface area contributed by atoms with Gasteiger partial charge >= 0.3 is 0 Å². The molecule has 3 fully saturated rings. The molecule has 4 atom stereocenters. The van der Waals surface area contributed by atoms with E-state index >= 15 is 0 Å². The van der Waals surface area contributed by atoms with Crippen molar-refractivity contribution in [2.75, 3.05) is 16.8 Å². The molecule has 1 N–H and O–H groups in total. The molecule has 3 amide bonds. The highest BCUT2D eigenvalue weighted by Gasteiger charge is 2.74. The SMILES string of the molecule is CC(=O)c1ccc(N2C(=O)C3C4CCCN4C4(C(=O)Nc5ccc(Cl)cc54)C3C2=O)cc1. The fourth-order valence-corrected chi connectivity index (χ4v) is 6.45. The zero-order chi connectivity index (χ0) is 22.4. The van der Waals surface area contributed by atoms with Gasteiger partial charge in [-0.15, -0.1) is 0 Å². The fourth-order valence-electron chi connectivity index (χ4n) is 6.27. The van der Waals surface area contributed by atoms with Gasteiger partial charge in [-0.25, -0.2) is 4.90 Å². The van der Waals surface area contributed by atoms with Crippen molar-refractivity contribution < 1.29 is 19.2 Å². The van der Waals surface area contributed by atoms with Crippen molar-refractivity contribution in [2.24, 2.45) is 11.8 Å². The summed E-state index contributed by atoms with van der Waals surface area (Å²) in [6, 6.07) is 11.5. The summed E-state index contributed by atoms with van der Waals surface area (Å²) >= 11 is 6.30. The number of carbonyl (C=O) groups is 4. The number of ketones is 1. The number of imide groups is 1.